The molecule has 4 aliphatic carbocycles. The number of carbonyl (C=O) groups is 4. The smallest absolute Gasteiger partial charge is 0.407 e. The minimum Gasteiger partial charge on any atom is -0.455 e. The van der Waals surface area contributed by atoms with Crippen molar-refractivity contribution in [3.05, 3.63) is 0 Å². The third-order valence-corrected chi connectivity index (χ3v) is 11.0. The van der Waals surface area contributed by atoms with E-state index in [1.807, 2.05) is 6.92 Å². The number of ketones is 2. The van der Waals surface area contributed by atoms with Gasteiger partial charge in [-0.05, 0) is 76.5 Å². The molecule has 0 aromatic carbocycles. The van der Waals surface area contributed by atoms with E-state index in [1.54, 1.807) is 34.6 Å². The number of aliphatic hydroxyl groups excluding tert-OH is 1. The fourth-order valence-electron chi connectivity index (χ4n) is 8.89. The highest BCUT2D eigenvalue weighted by Crippen LogP contribution is 2.71. The molecule has 0 aromatic heterocycles. The molecule has 232 valence electrons. The molecule has 41 heavy (non-hydrogen) atoms. The lowest BCUT2D eigenvalue weighted by molar-refractivity contribution is -0.255. The number of alkyl halides is 2. The van der Waals surface area contributed by atoms with Crippen LogP contribution in [-0.2, 0) is 23.9 Å². The molecule has 4 saturated carbocycles. The minimum absolute atomic E-state index is 0.116. The molecular weight excluding hydrogens is 540 g/mol. The van der Waals surface area contributed by atoms with E-state index < -0.39 is 88.7 Å². The first-order valence-corrected chi connectivity index (χ1v) is 14.7. The quantitative estimate of drug-likeness (QED) is 0.402. The molecule has 9 nitrogen and oxygen atoms in total. The monoisotopic (exact) mass is 585 g/mol. The van der Waals surface area contributed by atoms with Crippen LogP contribution in [0.4, 0.5) is 13.6 Å². The molecule has 1 amide bonds. The first-order chi connectivity index (χ1) is 18.8. The molecule has 3 N–H and O–H groups in total. The zero-order chi connectivity index (χ0) is 30.8. The highest BCUT2D eigenvalue weighted by Gasteiger charge is 2.76. The fraction of sp³-hybridized carbons (Fsp3) is 0.867. The van der Waals surface area contributed by atoms with E-state index >= 15 is 4.39 Å². The lowest BCUT2D eigenvalue weighted by Gasteiger charge is -2.65. The molecule has 4 aliphatic rings. The fourth-order valence-corrected chi connectivity index (χ4v) is 8.89. The lowest BCUT2D eigenvalue weighted by Crippen LogP contribution is -2.71. The Morgan fingerprint density at radius 1 is 1.15 bits per heavy atom. The van der Waals surface area contributed by atoms with E-state index in [2.05, 4.69) is 5.32 Å². The van der Waals surface area contributed by atoms with Gasteiger partial charge in [0, 0.05) is 23.7 Å². The van der Waals surface area contributed by atoms with Gasteiger partial charge >= 0.3 is 12.1 Å². The topological polar surface area (TPSA) is 139 Å². The van der Waals surface area contributed by atoms with Gasteiger partial charge in [-0.1, -0.05) is 20.8 Å². The largest absolute Gasteiger partial charge is 0.455 e. The minimum atomic E-state index is -2.27. The van der Waals surface area contributed by atoms with E-state index in [9.17, 15) is 33.8 Å². The van der Waals surface area contributed by atoms with Gasteiger partial charge in [0.2, 0.25) is 12.0 Å². The second-order valence-corrected chi connectivity index (χ2v) is 14.3. The van der Waals surface area contributed by atoms with Crippen molar-refractivity contribution in [2.45, 2.75) is 116 Å². The molecule has 0 spiro atoms. The summed E-state index contributed by atoms with van der Waals surface area (Å²) >= 11 is 0. The van der Waals surface area contributed by atoms with Crippen LogP contribution in [0, 0.1) is 34.5 Å². The third-order valence-electron chi connectivity index (χ3n) is 11.0. The molecule has 0 radical (unpaired) electrons. The Balaban J connectivity index is 1.47. The van der Waals surface area contributed by atoms with Crippen LogP contribution in [0.5, 0.6) is 0 Å². The molecule has 0 aromatic rings. The van der Waals surface area contributed by atoms with E-state index in [0.717, 1.165) is 0 Å². The maximum Gasteiger partial charge on any atom is 0.407 e. The molecule has 4 rings (SSSR count). The van der Waals surface area contributed by atoms with E-state index in [-0.39, 0.29) is 24.5 Å². The second-order valence-electron chi connectivity index (χ2n) is 14.3. The average Bonchev–Trinajstić information content (AvgIpc) is 3.07. The Morgan fingerprint density at radius 3 is 2.44 bits per heavy atom. The van der Waals surface area contributed by atoms with Gasteiger partial charge in [-0.15, -0.1) is 0 Å². The summed E-state index contributed by atoms with van der Waals surface area (Å²) in [4.78, 5) is 49.7. The normalized spacial score (nSPS) is 42.8. The van der Waals surface area contributed by atoms with Crippen molar-refractivity contribution in [3.8, 4) is 0 Å². The Labute approximate surface area is 240 Å². The number of halogens is 2. The van der Waals surface area contributed by atoms with Crippen LogP contribution in [0.25, 0.3) is 0 Å². The van der Waals surface area contributed by atoms with Crippen LogP contribution < -0.4 is 5.32 Å². The first kappa shape index (κ1) is 31.8. The number of ether oxygens (including phenoxy) is 2. The van der Waals surface area contributed by atoms with Crippen LogP contribution in [0.15, 0.2) is 0 Å². The summed E-state index contributed by atoms with van der Waals surface area (Å²) in [5.41, 5.74) is -6.93. The molecule has 10 atom stereocenters. The summed E-state index contributed by atoms with van der Waals surface area (Å²) in [6.07, 6.45) is -2.50. The lowest BCUT2D eigenvalue weighted by atomic mass is 9.42. The van der Waals surface area contributed by atoms with Crippen molar-refractivity contribution < 1.29 is 47.6 Å². The Morgan fingerprint density at radius 2 is 1.80 bits per heavy atom. The zero-order valence-electron chi connectivity index (χ0n) is 24.9. The van der Waals surface area contributed by atoms with Gasteiger partial charge in [-0.3, -0.25) is 9.59 Å². The van der Waals surface area contributed by atoms with Crippen molar-refractivity contribution in [1.29, 1.82) is 0 Å². The van der Waals surface area contributed by atoms with Gasteiger partial charge in [0.1, 0.15) is 22.7 Å². The molecule has 4 unspecified atom stereocenters. The molecule has 0 saturated heterocycles. The molecule has 0 heterocycles. The number of aliphatic hydroxyl groups is 2. The van der Waals surface area contributed by atoms with Gasteiger partial charge < -0.3 is 25.0 Å². The highest BCUT2D eigenvalue weighted by molar-refractivity contribution is 5.92. The maximum absolute atomic E-state index is 17.3. The zero-order valence-corrected chi connectivity index (χ0v) is 24.9. The summed E-state index contributed by atoms with van der Waals surface area (Å²) in [5, 5.41) is 25.5. The van der Waals surface area contributed by atoms with Crippen LogP contribution in [0.1, 0.15) is 86.5 Å². The number of fused-ring (bicyclic) bond motifs is 5. The molecule has 0 bridgehead atoms. The summed E-state index contributed by atoms with van der Waals surface area (Å²) in [6, 6.07) is 0. The number of alkyl carbamates (subject to hydrolysis) is 1. The number of amides is 1. The summed E-state index contributed by atoms with van der Waals surface area (Å²) in [7, 11) is 0. The Kier molecular flexibility index (Phi) is 8.17. The molecular formula is C30H45F2NO8. The van der Waals surface area contributed by atoms with Gasteiger partial charge in [-0.25, -0.2) is 18.4 Å². The number of Topliss-reactive ketones (excluding diaryl/α,β-unsaturated/α-hetero) is 2. The molecule has 0 aliphatic heterocycles. The van der Waals surface area contributed by atoms with Gasteiger partial charge in [0.15, 0.2) is 6.61 Å². The van der Waals surface area contributed by atoms with Crippen LogP contribution in [0.3, 0.4) is 0 Å². The van der Waals surface area contributed by atoms with Crippen LogP contribution in [-0.4, -0.2) is 76.1 Å². The van der Waals surface area contributed by atoms with Crippen molar-refractivity contribution in [1.82, 2.24) is 5.32 Å². The van der Waals surface area contributed by atoms with Crippen molar-refractivity contribution in [3.63, 3.8) is 0 Å². The molecule has 4 fully saturated rings. The first-order valence-electron chi connectivity index (χ1n) is 14.7. The maximum atomic E-state index is 17.3. The number of nitrogens with one attached hydrogen (secondary N) is 1. The van der Waals surface area contributed by atoms with E-state index in [1.165, 1.54) is 0 Å². The Hall–Kier alpha value is -2.14. The van der Waals surface area contributed by atoms with Gasteiger partial charge in [0.25, 0.3) is 0 Å². The number of hydrogen-bond acceptors (Lipinski definition) is 8. The van der Waals surface area contributed by atoms with Gasteiger partial charge in [0.05, 0.1) is 12.6 Å². The number of esters is 1. The SMILES string of the molecule is C[C@H]1CC2C3CCC4CC(=O)CC[C@]4(C)[C@@]3(F)[C@@H](O)C[C@]2(C)[C@@]1(O)C(=O)COC(=O)C(F)CNC(=O)OC(C)(C)C. The summed E-state index contributed by atoms with van der Waals surface area (Å²) in [6.45, 7) is 8.46. The number of carbonyl (C=O) groups excluding carboxylic acids is 4. The average molecular weight is 586 g/mol. The Bertz CT molecular complexity index is 1090. The van der Waals surface area contributed by atoms with Crippen LogP contribution >= 0.6 is 0 Å². The number of rotatable bonds is 6. The van der Waals surface area contributed by atoms with Crippen LogP contribution in [0.2, 0.25) is 0 Å². The standard InChI is InChI=1S/C30H45F2NO8/c1-16-11-20-19-8-7-17-12-18(34)9-10-27(17,5)29(19,32)22(35)13-28(20,6)30(16,39)23(36)15-40-24(37)21(31)14-33-25(38)41-26(2,3)4/h16-17,19-22,35,39H,7-15H2,1-6H3,(H,33,38)/t16-,17?,19?,20?,21?,22-,27-,28-,29-,30-/m0/s1. The predicted octanol–water partition coefficient (Wildman–Crippen LogP) is 3.61. The van der Waals surface area contributed by atoms with E-state index in [4.69, 9.17) is 9.47 Å². The highest BCUT2D eigenvalue weighted by atomic mass is 19.1. The van der Waals surface area contributed by atoms with Crippen molar-refractivity contribution in [2.75, 3.05) is 13.2 Å². The third kappa shape index (κ3) is 4.98. The van der Waals surface area contributed by atoms with Gasteiger partial charge in [-0.2, -0.15) is 0 Å². The van der Waals surface area contributed by atoms with E-state index in [0.29, 0.717) is 32.1 Å². The predicted molar refractivity (Wildman–Crippen MR) is 143 cm³/mol. The second kappa shape index (κ2) is 10.5. The summed E-state index contributed by atoms with van der Waals surface area (Å²) in [5.74, 6) is -3.95. The molecule has 11 heteroatoms. The van der Waals surface area contributed by atoms with Crippen molar-refractivity contribution in [2.24, 2.45) is 34.5 Å². The summed E-state index contributed by atoms with van der Waals surface area (Å²) < 4.78 is 41.6. The number of hydrogen-bond donors (Lipinski definition) is 3. The van der Waals surface area contributed by atoms with Crippen molar-refractivity contribution >= 4 is 23.6 Å².